The van der Waals surface area contributed by atoms with Crippen molar-refractivity contribution in [1.82, 2.24) is 0 Å². The highest BCUT2D eigenvalue weighted by molar-refractivity contribution is 7.46. The molecule has 1 fully saturated rings. The third-order valence-electron chi connectivity index (χ3n) is 8.26. The van der Waals surface area contributed by atoms with Crippen molar-refractivity contribution >= 4 is 7.82 Å². The van der Waals surface area contributed by atoms with E-state index >= 15 is 0 Å². The van der Waals surface area contributed by atoms with Gasteiger partial charge in [-0.25, -0.2) is 9.09 Å². The molecule has 0 spiro atoms. The first-order valence-electron chi connectivity index (χ1n) is 13.9. The number of benzene rings is 3. The van der Waals surface area contributed by atoms with Gasteiger partial charge >= 0.3 is 7.82 Å². The normalized spacial score (nSPS) is 22.5. The van der Waals surface area contributed by atoms with Crippen LogP contribution in [0, 0.1) is 5.92 Å². The molecular weight excluding hydrogens is 513 g/mol. The number of rotatable bonds is 11. The van der Waals surface area contributed by atoms with Gasteiger partial charge in [-0.05, 0) is 48.4 Å². The standard InChI is InChI=1S/C31H38NO6P/c1-2-17-32(23-38-39(33,34)35)18-9-14-27-19-28-26(20-29(27)32)15-16-30(36-21-24-10-5-3-6-11-24)31(28)37-22-25-12-7-4-8-13-25/h3-8,10-13,15-16,27,29H,2,9,14,17-23H2,1H3,(H-,33,34,35)/p+1/t27-,29-,32-/m1/s1. The zero-order valence-corrected chi connectivity index (χ0v) is 23.5. The van der Waals surface area contributed by atoms with Crippen LogP contribution in [-0.4, -0.2) is 40.1 Å². The average molecular weight is 553 g/mol. The van der Waals surface area contributed by atoms with Gasteiger partial charge in [-0.3, -0.25) is 4.48 Å². The summed E-state index contributed by atoms with van der Waals surface area (Å²) in [5.41, 5.74) is 4.63. The summed E-state index contributed by atoms with van der Waals surface area (Å²) in [5, 5.41) is 0. The van der Waals surface area contributed by atoms with Crippen LogP contribution in [0.5, 0.6) is 11.5 Å². The van der Waals surface area contributed by atoms with Crippen molar-refractivity contribution in [1.29, 1.82) is 0 Å². The minimum Gasteiger partial charge on any atom is -0.485 e. The average Bonchev–Trinajstić information content (AvgIpc) is 2.94. The molecule has 2 aliphatic rings. The molecule has 3 aromatic carbocycles. The molecule has 39 heavy (non-hydrogen) atoms. The quantitative estimate of drug-likeness (QED) is 0.224. The van der Waals surface area contributed by atoms with E-state index in [1.165, 1.54) is 11.1 Å². The number of ether oxygens (including phenoxy) is 2. The van der Waals surface area contributed by atoms with Crippen molar-refractivity contribution in [3.63, 3.8) is 0 Å². The fourth-order valence-electron chi connectivity index (χ4n) is 6.50. The van der Waals surface area contributed by atoms with Crippen LogP contribution < -0.4 is 9.47 Å². The molecule has 7 nitrogen and oxygen atoms in total. The Morgan fingerprint density at radius 1 is 0.897 bits per heavy atom. The molecule has 0 bridgehead atoms. The third kappa shape index (κ3) is 6.74. The molecule has 3 atom stereocenters. The van der Waals surface area contributed by atoms with Crippen molar-refractivity contribution < 1.29 is 32.8 Å². The van der Waals surface area contributed by atoms with E-state index in [-0.39, 0.29) is 12.8 Å². The Kier molecular flexibility index (Phi) is 8.75. The maximum atomic E-state index is 11.6. The van der Waals surface area contributed by atoms with Crippen molar-refractivity contribution in [2.24, 2.45) is 5.92 Å². The fourth-order valence-corrected chi connectivity index (χ4v) is 6.88. The molecule has 8 heteroatoms. The number of phosphoric ester groups is 1. The Morgan fingerprint density at radius 2 is 1.56 bits per heavy atom. The van der Waals surface area contributed by atoms with E-state index in [0.29, 0.717) is 23.6 Å². The largest absolute Gasteiger partial charge is 0.485 e. The van der Waals surface area contributed by atoms with Gasteiger partial charge in [-0.1, -0.05) is 73.7 Å². The SMILES string of the molecule is CCC[N@+]1(COP(=O)(O)O)CCC[C@@H]2Cc3c(ccc(OCc4ccccc4)c3OCc3ccccc3)C[C@H]21. The van der Waals surface area contributed by atoms with Crippen molar-refractivity contribution in [2.75, 3.05) is 19.8 Å². The van der Waals surface area contributed by atoms with Gasteiger partial charge in [0.05, 0.1) is 19.1 Å². The second-order valence-electron chi connectivity index (χ2n) is 10.9. The summed E-state index contributed by atoms with van der Waals surface area (Å²) >= 11 is 0. The van der Waals surface area contributed by atoms with Crippen LogP contribution in [0.15, 0.2) is 72.8 Å². The molecule has 0 aromatic heterocycles. The highest BCUT2D eigenvalue weighted by atomic mass is 31.2. The number of fused-ring (bicyclic) bond motifs is 2. The Hall–Kier alpha value is -2.67. The van der Waals surface area contributed by atoms with E-state index in [9.17, 15) is 14.4 Å². The van der Waals surface area contributed by atoms with E-state index in [1.807, 2.05) is 42.5 Å². The highest BCUT2D eigenvalue weighted by Crippen LogP contribution is 2.47. The Balaban J connectivity index is 1.45. The molecule has 208 valence electrons. The van der Waals surface area contributed by atoms with E-state index in [0.717, 1.165) is 67.8 Å². The highest BCUT2D eigenvalue weighted by Gasteiger charge is 2.48. The molecule has 1 aliphatic carbocycles. The monoisotopic (exact) mass is 552 g/mol. The van der Waals surface area contributed by atoms with Crippen LogP contribution in [0.2, 0.25) is 0 Å². The molecular formula is C31H39NO6P+. The second kappa shape index (κ2) is 12.2. The molecule has 2 N–H and O–H groups in total. The predicted molar refractivity (Wildman–Crippen MR) is 150 cm³/mol. The Morgan fingerprint density at radius 3 is 2.21 bits per heavy atom. The van der Waals surface area contributed by atoms with Crippen LogP contribution in [0.4, 0.5) is 0 Å². The van der Waals surface area contributed by atoms with Gasteiger partial charge in [0.25, 0.3) is 0 Å². The Bertz CT molecular complexity index is 1280. The van der Waals surface area contributed by atoms with Gasteiger partial charge in [0, 0.05) is 17.9 Å². The van der Waals surface area contributed by atoms with E-state index in [1.54, 1.807) is 0 Å². The zero-order valence-electron chi connectivity index (χ0n) is 22.6. The Labute approximate surface area is 231 Å². The molecule has 0 amide bonds. The smallest absolute Gasteiger partial charge is 0.474 e. The number of likely N-dealkylation sites (tertiary alicyclic amines) is 1. The summed E-state index contributed by atoms with van der Waals surface area (Å²) in [7, 11) is -4.55. The van der Waals surface area contributed by atoms with Gasteiger partial charge in [-0.15, -0.1) is 0 Å². The lowest BCUT2D eigenvalue weighted by Crippen LogP contribution is -2.64. The van der Waals surface area contributed by atoms with Crippen LogP contribution in [0.25, 0.3) is 0 Å². The molecule has 0 radical (unpaired) electrons. The fraction of sp³-hybridized carbons (Fsp3) is 0.419. The number of hydrogen-bond acceptors (Lipinski definition) is 4. The summed E-state index contributed by atoms with van der Waals surface area (Å²) in [6, 6.07) is 24.7. The molecule has 1 aliphatic heterocycles. The summed E-state index contributed by atoms with van der Waals surface area (Å²) in [6.45, 7) is 4.81. The lowest BCUT2D eigenvalue weighted by Gasteiger charge is -2.52. The van der Waals surface area contributed by atoms with Crippen LogP contribution in [0.1, 0.15) is 48.4 Å². The summed E-state index contributed by atoms with van der Waals surface area (Å²) in [6.07, 6.45) is 4.69. The van der Waals surface area contributed by atoms with Crippen LogP contribution in [0.3, 0.4) is 0 Å². The number of phosphoric acid groups is 1. The third-order valence-corrected chi connectivity index (χ3v) is 8.71. The molecule has 0 saturated carbocycles. The van der Waals surface area contributed by atoms with Crippen molar-refractivity contribution in [2.45, 2.75) is 58.3 Å². The van der Waals surface area contributed by atoms with E-state index in [4.69, 9.17) is 14.0 Å². The molecule has 0 unspecified atom stereocenters. The minimum absolute atomic E-state index is 0.0459. The van der Waals surface area contributed by atoms with Gasteiger partial charge < -0.3 is 19.3 Å². The topological polar surface area (TPSA) is 85.2 Å². The van der Waals surface area contributed by atoms with Gasteiger partial charge in [0.1, 0.15) is 13.2 Å². The van der Waals surface area contributed by atoms with E-state index in [2.05, 4.69) is 37.3 Å². The number of hydrogen-bond donors (Lipinski definition) is 2. The first kappa shape index (κ1) is 27.9. The summed E-state index contributed by atoms with van der Waals surface area (Å²) in [5.74, 6) is 1.94. The number of piperidine rings is 1. The molecule has 5 rings (SSSR count). The van der Waals surface area contributed by atoms with Crippen molar-refractivity contribution in [3.05, 3.63) is 95.1 Å². The van der Waals surface area contributed by atoms with E-state index < -0.39 is 7.82 Å². The number of nitrogens with zero attached hydrogens (tertiary/aromatic N) is 1. The first-order valence-corrected chi connectivity index (χ1v) is 15.4. The lowest BCUT2D eigenvalue weighted by molar-refractivity contribution is -0.973. The van der Waals surface area contributed by atoms with Gasteiger partial charge in [-0.2, -0.15) is 0 Å². The van der Waals surface area contributed by atoms with Crippen molar-refractivity contribution in [3.8, 4) is 11.5 Å². The van der Waals surface area contributed by atoms with Crippen LogP contribution >= 0.6 is 7.82 Å². The molecule has 1 heterocycles. The first-order chi connectivity index (χ1) is 18.9. The summed E-state index contributed by atoms with van der Waals surface area (Å²) in [4.78, 5) is 19.0. The minimum atomic E-state index is -4.55. The second-order valence-corrected chi connectivity index (χ2v) is 12.1. The maximum absolute atomic E-state index is 11.6. The molecule has 1 saturated heterocycles. The van der Waals surface area contributed by atoms with Crippen LogP contribution in [-0.2, 0) is 35.1 Å². The lowest BCUT2D eigenvalue weighted by atomic mass is 9.73. The number of quaternary nitrogens is 1. The zero-order chi connectivity index (χ0) is 27.3. The van der Waals surface area contributed by atoms with Gasteiger partial charge in [0.2, 0.25) is 0 Å². The summed E-state index contributed by atoms with van der Waals surface area (Å²) < 4.78 is 30.3. The maximum Gasteiger partial charge on any atom is 0.474 e. The van der Waals surface area contributed by atoms with Gasteiger partial charge in [0.15, 0.2) is 18.2 Å². The predicted octanol–water partition coefficient (Wildman–Crippen LogP) is 6.02. The molecule has 3 aromatic rings.